The van der Waals surface area contributed by atoms with E-state index in [1.165, 1.54) is 0 Å². The Bertz CT molecular complexity index is 260. The van der Waals surface area contributed by atoms with Gasteiger partial charge in [-0.2, -0.15) is 8.42 Å². The van der Waals surface area contributed by atoms with Gasteiger partial charge in [-0.25, -0.2) is 0 Å². The Hall–Kier alpha value is -0.740. The molecule has 1 fully saturated rings. The predicted molar refractivity (Wildman–Crippen MR) is 44.4 cm³/mol. The molecule has 1 aliphatic heterocycles. The largest absolute Gasteiger partial charge is 0.480 e. The molecule has 1 rings (SSSR count). The molecule has 0 aromatic heterocycles. The van der Waals surface area contributed by atoms with Crippen molar-refractivity contribution < 1.29 is 32.2 Å². The molecule has 9 heteroatoms. The lowest BCUT2D eigenvalue weighted by molar-refractivity contribution is -0.142. The van der Waals surface area contributed by atoms with Gasteiger partial charge in [0, 0.05) is 6.54 Å². The highest BCUT2D eigenvalue weighted by Crippen LogP contribution is 1.91. The first-order valence-corrected chi connectivity index (χ1v) is 4.94. The van der Waals surface area contributed by atoms with Crippen molar-refractivity contribution in [3.8, 4) is 0 Å². The van der Waals surface area contributed by atoms with Crippen LogP contribution in [-0.4, -0.2) is 54.4 Å². The predicted octanol–water partition coefficient (Wildman–Crippen LogP) is -1.59. The van der Waals surface area contributed by atoms with Gasteiger partial charge in [0.05, 0.1) is 13.2 Å². The second kappa shape index (κ2) is 5.88. The highest BCUT2D eigenvalue weighted by molar-refractivity contribution is 7.79. The minimum Gasteiger partial charge on any atom is -0.480 e. The number of hydrogen-bond acceptors (Lipinski definition) is 5. The van der Waals surface area contributed by atoms with Crippen molar-refractivity contribution in [3.63, 3.8) is 0 Å². The van der Waals surface area contributed by atoms with Gasteiger partial charge in [-0.1, -0.05) is 0 Å². The third-order valence-electron chi connectivity index (χ3n) is 1.22. The van der Waals surface area contributed by atoms with Gasteiger partial charge in [-0.3, -0.25) is 13.9 Å². The Balaban J connectivity index is 0.000000292. The highest BCUT2D eigenvalue weighted by atomic mass is 32.3. The average Bonchev–Trinajstić information content (AvgIpc) is 2.03. The molecule has 0 radical (unpaired) electrons. The molecular formula is C5H11NO7S. The molecule has 0 bridgehead atoms. The van der Waals surface area contributed by atoms with Crippen LogP contribution >= 0.6 is 0 Å². The lowest BCUT2D eigenvalue weighted by atomic mass is 10.3. The van der Waals surface area contributed by atoms with Crippen LogP contribution in [0.3, 0.4) is 0 Å². The minimum absolute atomic E-state index is 0.287. The number of carboxylic acids is 1. The van der Waals surface area contributed by atoms with Gasteiger partial charge in [0.1, 0.15) is 6.04 Å². The van der Waals surface area contributed by atoms with Gasteiger partial charge in [-0.15, -0.1) is 0 Å². The molecule has 84 valence electrons. The number of hydrogen-bond donors (Lipinski definition) is 4. The van der Waals surface area contributed by atoms with Crippen molar-refractivity contribution in [1.29, 1.82) is 0 Å². The number of carbonyl (C=O) groups is 1. The second-order valence-electron chi connectivity index (χ2n) is 2.37. The first-order valence-electron chi connectivity index (χ1n) is 3.54. The normalized spacial score (nSPS) is 22.0. The van der Waals surface area contributed by atoms with Crippen LogP contribution in [0, 0.1) is 0 Å². The van der Waals surface area contributed by atoms with E-state index in [0.29, 0.717) is 13.2 Å². The van der Waals surface area contributed by atoms with Gasteiger partial charge >= 0.3 is 16.4 Å². The Morgan fingerprint density at radius 1 is 1.43 bits per heavy atom. The minimum atomic E-state index is -4.67. The lowest BCUT2D eigenvalue weighted by Gasteiger charge is -2.19. The van der Waals surface area contributed by atoms with E-state index in [1.807, 2.05) is 0 Å². The first-order chi connectivity index (χ1) is 6.30. The summed E-state index contributed by atoms with van der Waals surface area (Å²) in [6, 6.07) is -0.501. The van der Waals surface area contributed by atoms with Crippen LogP contribution in [0.15, 0.2) is 0 Å². The van der Waals surface area contributed by atoms with E-state index < -0.39 is 22.4 Å². The third kappa shape index (κ3) is 9.35. The van der Waals surface area contributed by atoms with Crippen molar-refractivity contribution in [2.24, 2.45) is 0 Å². The number of aliphatic carboxylic acids is 1. The summed E-state index contributed by atoms with van der Waals surface area (Å²) in [7, 11) is -4.67. The molecule has 0 aliphatic carbocycles. The molecule has 8 nitrogen and oxygen atoms in total. The Morgan fingerprint density at radius 3 is 2.14 bits per heavy atom. The number of rotatable bonds is 1. The van der Waals surface area contributed by atoms with Crippen molar-refractivity contribution in [2.45, 2.75) is 6.04 Å². The van der Waals surface area contributed by atoms with Gasteiger partial charge in [-0.05, 0) is 0 Å². The summed E-state index contributed by atoms with van der Waals surface area (Å²) in [5, 5.41) is 11.2. The molecule has 0 spiro atoms. The quantitative estimate of drug-likeness (QED) is 0.395. The Labute approximate surface area is 80.5 Å². The van der Waals surface area contributed by atoms with E-state index in [4.69, 9.17) is 27.4 Å². The van der Waals surface area contributed by atoms with E-state index >= 15 is 0 Å². The zero-order valence-corrected chi connectivity index (χ0v) is 7.90. The Morgan fingerprint density at radius 2 is 1.93 bits per heavy atom. The molecule has 1 atom stereocenters. The maximum absolute atomic E-state index is 10.2. The average molecular weight is 229 g/mol. The van der Waals surface area contributed by atoms with Crippen molar-refractivity contribution in [3.05, 3.63) is 0 Å². The topological polar surface area (TPSA) is 133 Å². The van der Waals surface area contributed by atoms with E-state index in [0.717, 1.165) is 0 Å². The molecule has 14 heavy (non-hydrogen) atoms. The number of carboxylic acid groups (broad SMARTS) is 1. The summed E-state index contributed by atoms with van der Waals surface area (Å²) in [6.45, 7) is 1.54. The fraction of sp³-hybridized carbons (Fsp3) is 0.800. The summed E-state index contributed by atoms with van der Waals surface area (Å²) in [5.41, 5.74) is 0. The van der Waals surface area contributed by atoms with Gasteiger partial charge in [0.15, 0.2) is 0 Å². The van der Waals surface area contributed by atoms with Crippen LogP contribution < -0.4 is 5.32 Å². The monoisotopic (exact) mass is 229 g/mol. The van der Waals surface area contributed by atoms with Crippen LogP contribution in [0.4, 0.5) is 0 Å². The summed E-state index contributed by atoms with van der Waals surface area (Å²) in [5.74, 6) is -0.838. The van der Waals surface area contributed by atoms with E-state index in [-0.39, 0.29) is 6.61 Å². The molecule has 1 unspecified atom stereocenters. The van der Waals surface area contributed by atoms with Crippen LogP contribution in [0.1, 0.15) is 0 Å². The summed E-state index contributed by atoms with van der Waals surface area (Å²) in [6.07, 6.45) is 0. The van der Waals surface area contributed by atoms with Crippen molar-refractivity contribution in [1.82, 2.24) is 5.32 Å². The number of nitrogens with one attached hydrogen (secondary N) is 1. The molecule has 1 heterocycles. The SMILES string of the molecule is O=C(O)C1COCCN1.O=S(=O)(O)O. The zero-order chi connectivity index (χ0) is 11.2. The van der Waals surface area contributed by atoms with Gasteiger partial charge in [0.25, 0.3) is 0 Å². The van der Waals surface area contributed by atoms with Crippen LogP contribution in [0.25, 0.3) is 0 Å². The number of ether oxygens (including phenoxy) is 1. The Kier molecular flexibility index (Phi) is 5.57. The maximum atomic E-state index is 10.2. The second-order valence-corrected chi connectivity index (χ2v) is 3.26. The highest BCUT2D eigenvalue weighted by Gasteiger charge is 2.19. The molecular weight excluding hydrogens is 218 g/mol. The van der Waals surface area contributed by atoms with Crippen molar-refractivity contribution in [2.75, 3.05) is 19.8 Å². The van der Waals surface area contributed by atoms with Gasteiger partial charge < -0.3 is 15.2 Å². The summed E-state index contributed by atoms with van der Waals surface area (Å²) in [4.78, 5) is 10.2. The molecule has 1 aliphatic rings. The molecule has 0 amide bonds. The standard InChI is InChI=1S/C5H9NO3.H2O4S/c7-5(8)4-3-9-2-1-6-4;1-5(2,3)4/h4,6H,1-3H2,(H,7,8);(H2,1,2,3,4). The fourth-order valence-corrected chi connectivity index (χ4v) is 0.724. The third-order valence-corrected chi connectivity index (χ3v) is 1.22. The van der Waals surface area contributed by atoms with E-state index in [1.54, 1.807) is 0 Å². The maximum Gasteiger partial charge on any atom is 0.394 e. The summed E-state index contributed by atoms with van der Waals surface area (Å²) < 4.78 is 36.5. The van der Waals surface area contributed by atoms with Crippen molar-refractivity contribution >= 4 is 16.4 Å². The fourth-order valence-electron chi connectivity index (χ4n) is 0.724. The molecule has 0 aromatic rings. The lowest BCUT2D eigenvalue weighted by Crippen LogP contribution is -2.46. The van der Waals surface area contributed by atoms with Crippen LogP contribution in [0.5, 0.6) is 0 Å². The first kappa shape index (κ1) is 13.3. The van der Waals surface area contributed by atoms with E-state index in [9.17, 15) is 4.79 Å². The summed E-state index contributed by atoms with van der Waals surface area (Å²) >= 11 is 0. The van der Waals surface area contributed by atoms with Crippen LogP contribution in [-0.2, 0) is 19.9 Å². The molecule has 0 aromatic carbocycles. The van der Waals surface area contributed by atoms with Crippen LogP contribution in [0.2, 0.25) is 0 Å². The smallest absolute Gasteiger partial charge is 0.394 e. The molecule has 1 saturated heterocycles. The zero-order valence-electron chi connectivity index (χ0n) is 7.08. The van der Waals surface area contributed by atoms with Gasteiger partial charge in [0.2, 0.25) is 0 Å². The number of morpholine rings is 1. The molecule has 4 N–H and O–H groups in total. The van der Waals surface area contributed by atoms with E-state index in [2.05, 4.69) is 5.32 Å². The molecule has 0 saturated carbocycles.